The van der Waals surface area contributed by atoms with Crippen molar-refractivity contribution < 1.29 is 19.1 Å². The number of hydrogen-bond donors (Lipinski definition) is 2. The number of carbonyl (C=O) groups is 2. The Morgan fingerprint density at radius 2 is 1.61 bits per heavy atom. The van der Waals surface area contributed by atoms with Gasteiger partial charge in [0.1, 0.15) is 0 Å². The molecule has 2 N–H and O–H groups in total. The van der Waals surface area contributed by atoms with Gasteiger partial charge in [0.25, 0.3) is 11.8 Å². The molecule has 0 atom stereocenters. The molecule has 0 saturated carbocycles. The number of ether oxygens (including phenoxy) is 2. The van der Waals surface area contributed by atoms with E-state index in [9.17, 15) is 9.59 Å². The van der Waals surface area contributed by atoms with Crippen LogP contribution in [0.1, 0.15) is 26.3 Å². The molecule has 3 aromatic rings. The number of nitrogens with one attached hydrogen (secondary N) is 2. The van der Waals surface area contributed by atoms with E-state index in [1.165, 1.54) is 18.5 Å². The summed E-state index contributed by atoms with van der Waals surface area (Å²) < 4.78 is 10.6. The van der Waals surface area contributed by atoms with Gasteiger partial charge >= 0.3 is 0 Å². The molecular weight excluding hydrogens is 358 g/mol. The number of benzene rings is 2. The summed E-state index contributed by atoms with van der Waals surface area (Å²) in [6.45, 7) is 2.07. The zero-order valence-electron chi connectivity index (χ0n) is 15.1. The van der Waals surface area contributed by atoms with Gasteiger partial charge in [0.05, 0.1) is 11.1 Å². The quantitative estimate of drug-likeness (QED) is 0.727. The SMILES string of the molecule is Cc1ccccc1NC(=O)c1cncc(C(=O)Nc2ccc3c(c2)OCO3)c1. The van der Waals surface area contributed by atoms with Gasteiger partial charge in [-0.1, -0.05) is 18.2 Å². The maximum Gasteiger partial charge on any atom is 0.257 e. The Morgan fingerprint density at radius 1 is 0.893 bits per heavy atom. The van der Waals surface area contributed by atoms with Crippen LogP contribution in [0.5, 0.6) is 11.5 Å². The number of anilines is 2. The zero-order chi connectivity index (χ0) is 19.5. The number of fused-ring (bicyclic) bond motifs is 1. The normalized spacial score (nSPS) is 11.8. The first kappa shape index (κ1) is 17.5. The Balaban J connectivity index is 1.49. The van der Waals surface area contributed by atoms with E-state index in [2.05, 4.69) is 15.6 Å². The number of rotatable bonds is 4. The van der Waals surface area contributed by atoms with Crippen LogP contribution in [0.15, 0.2) is 60.9 Å². The van der Waals surface area contributed by atoms with Gasteiger partial charge in [-0.15, -0.1) is 0 Å². The van der Waals surface area contributed by atoms with E-state index in [0.717, 1.165) is 5.56 Å². The maximum absolute atomic E-state index is 12.5. The van der Waals surface area contributed by atoms with Crippen LogP contribution in [0.25, 0.3) is 0 Å². The topological polar surface area (TPSA) is 89.6 Å². The van der Waals surface area contributed by atoms with Crippen LogP contribution in [-0.2, 0) is 0 Å². The van der Waals surface area contributed by atoms with Crippen LogP contribution in [0.4, 0.5) is 11.4 Å². The number of para-hydroxylation sites is 1. The van der Waals surface area contributed by atoms with Crippen LogP contribution < -0.4 is 20.1 Å². The number of pyridine rings is 1. The minimum Gasteiger partial charge on any atom is -0.454 e. The van der Waals surface area contributed by atoms with Crippen LogP contribution in [0.3, 0.4) is 0 Å². The van der Waals surface area contributed by atoms with Crippen LogP contribution >= 0.6 is 0 Å². The lowest BCUT2D eigenvalue weighted by molar-refractivity contribution is 0.102. The molecule has 0 fully saturated rings. The summed E-state index contributed by atoms with van der Waals surface area (Å²) in [6.07, 6.45) is 2.83. The smallest absolute Gasteiger partial charge is 0.257 e. The van der Waals surface area contributed by atoms with Crippen molar-refractivity contribution in [3.63, 3.8) is 0 Å². The highest BCUT2D eigenvalue weighted by atomic mass is 16.7. The lowest BCUT2D eigenvalue weighted by Gasteiger charge is -2.09. The number of aromatic nitrogens is 1. The Kier molecular flexibility index (Phi) is 4.63. The molecule has 2 heterocycles. The molecule has 1 aliphatic heterocycles. The molecule has 0 spiro atoms. The fraction of sp³-hybridized carbons (Fsp3) is 0.0952. The fourth-order valence-electron chi connectivity index (χ4n) is 2.77. The van der Waals surface area contributed by atoms with E-state index < -0.39 is 0 Å². The van der Waals surface area contributed by atoms with Crippen molar-refractivity contribution in [2.75, 3.05) is 17.4 Å². The zero-order valence-corrected chi connectivity index (χ0v) is 15.1. The second-order valence-electron chi connectivity index (χ2n) is 6.25. The lowest BCUT2D eigenvalue weighted by Crippen LogP contribution is -2.16. The molecule has 2 aromatic carbocycles. The van der Waals surface area contributed by atoms with Crippen molar-refractivity contribution >= 4 is 23.2 Å². The minimum absolute atomic E-state index is 0.161. The van der Waals surface area contributed by atoms with Gasteiger partial charge < -0.3 is 20.1 Å². The first-order chi connectivity index (χ1) is 13.6. The summed E-state index contributed by atoms with van der Waals surface area (Å²) >= 11 is 0. The maximum atomic E-state index is 12.5. The number of hydrogen-bond acceptors (Lipinski definition) is 5. The van der Waals surface area contributed by atoms with Crippen molar-refractivity contribution in [2.24, 2.45) is 0 Å². The van der Waals surface area contributed by atoms with Crippen molar-refractivity contribution in [3.05, 3.63) is 77.6 Å². The molecule has 1 aromatic heterocycles. The van der Waals surface area contributed by atoms with Crippen LogP contribution in [-0.4, -0.2) is 23.6 Å². The summed E-state index contributed by atoms with van der Waals surface area (Å²) in [7, 11) is 0. The third kappa shape index (κ3) is 3.64. The third-order valence-electron chi connectivity index (χ3n) is 4.29. The molecule has 0 radical (unpaired) electrons. The third-order valence-corrected chi connectivity index (χ3v) is 4.29. The Labute approximate surface area is 161 Å². The van der Waals surface area contributed by atoms with Crippen molar-refractivity contribution in [2.45, 2.75) is 6.92 Å². The number of amides is 2. The molecule has 4 rings (SSSR count). The van der Waals surface area contributed by atoms with E-state index in [1.54, 1.807) is 18.2 Å². The number of aryl methyl sites for hydroxylation is 1. The highest BCUT2D eigenvalue weighted by molar-refractivity contribution is 6.08. The van der Waals surface area contributed by atoms with Crippen LogP contribution in [0, 0.1) is 6.92 Å². The van der Waals surface area contributed by atoms with E-state index >= 15 is 0 Å². The molecule has 0 saturated heterocycles. The average Bonchev–Trinajstić information content (AvgIpc) is 3.17. The van der Waals surface area contributed by atoms with Gasteiger partial charge in [-0.05, 0) is 36.8 Å². The second kappa shape index (κ2) is 7.40. The molecule has 0 bridgehead atoms. The number of carbonyl (C=O) groups excluding carboxylic acids is 2. The van der Waals surface area contributed by atoms with Crippen molar-refractivity contribution in [1.82, 2.24) is 4.98 Å². The lowest BCUT2D eigenvalue weighted by atomic mass is 10.1. The van der Waals surface area contributed by atoms with E-state index in [-0.39, 0.29) is 24.2 Å². The Morgan fingerprint density at radius 3 is 2.39 bits per heavy atom. The molecule has 1 aliphatic rings. The van der Waals surface area contributed by atoms with E-state index in [4.69, 9.17) is 9.47 Å². The summed E-state index contributed by atoms with van der Waals surface area (Å²) in [5.41, 5.74) is 2.78. The predicted molar refractivity (Wildman–Crippen MR) is 104 cm³/mol. The molecule has 2 amide bonds. The van der Waals surface area contributed by atoms with Crippen molar-refractivity contribution in [1.29, 1.82) is 0 Å². The largest absolute Gasteiger partial charge is 0.454 e. The standard InChI is InChI=1S/C21H17N3O4/c1-13-4-2-3-5-17(13)24-21(26)15-8-14(10-22-11-15)20(25)23-16-6-7-18-19(9-16)28-12-27-18/h2-11H,12H2,1H3,(H,23,25)(H,24,26). The van der Waals surface area contributed by atoms with E-state index in [1.807, 2.05) is 31.2 Å². The summed E-state index contributed by atoms with van der Waals surface area (Å²) in [5, 5.41) is 5.60. The van der Waals surface area contributed by atoms with Gasteiger partial charge in [-0.3, -0.25) is 14.6 Å². The van der Waals surface area contributed by atoms with E-state index in [0.29, 0.717) is 28.4 Å². The Bertz CT molecular complexity index is 1070. The molecule has 28 heavy (non-hydrogen) atoms. The van der Waals surface area contributed by atoms with Gasteiger partial charge in [-0.2, -0.15) is 0 Å². The second-order valence-corrected chi connectivity index (χ2v) is 6.25. The van der Waals surface area contributed by atoms with Gasteiger partial charge in [0.15, 0.2) is 11.5 Å². The molecule has 7 heteroatoms. The summed E-state index contributed by atoms with van der Waals surface area (Å²) in [5.74, 6) is 0.494. The Hall–Kier alpha value is -3.87. The minimum atomic E-state index is -0.378. The molecule has 0 unspecified atom stereocenters. The first-order valence-corrected chi connectivity index (χ1v) is 8.63. The molecule has 0 aliphatic carbocycles. The van der Waals surface area contributed by atoms with Crippen molar-refractivity contribution in [3.8, 4) is 11.5 Å². The first-order valence-electron chi connectivity index (χ1n) is 8.63. The van der Waals surface area contributed by atoms with Gasteiger partial charge in [-0.25, -0.2) is 0 Å². The van der Waals surface area contributed by atoms with Crippen LogP contribution in [0.2, 0.25) is 0 Å². The number of nitrogens with zero attached hydrogens (tertiary/aromatic N) is 1. The average molecular weight is 375 g/mol. The molecular formula is C21H17N3O4. The molecule has 140 valence electrons. The van der Waals surface area contributed by atoms with Gasteiger partial charge in [0.2, 0.25) is 6.79 Å². The summed E-state index contributed by atoms with van der Waals surface area (Å²) in [6, 6.07) is 14.1. The highest BCUT2D eigenvalue weighted by Gasteiger charge is 2.16. The fourth-order valence-corrected chi connectivity index (χ4v) is 2.77. The summed E-state index contributed by atoms with van der Waals surface area (Å²) in [4.78, 5) is 29.1. The highest BCUT2D eigenvalue weighted by Crippen LogP contribution is 2.34. The predicted octanol–water partition coefficient (Wildman–Crippen LogP) is 3.62. The van der Waals surface area contributed by atoms with Gasteiger partial charge in [0, 0.05) is 29.8 Å². The molecule has 7 nitrogen and oxygen atoms in total. The monoisotopic (exact) mass is 375 g/mol.